The summed E-state index contributed by atoms with van der Waals surface area (Å²) in [6, 6.07) is 0. The summed E-state index contributed by atoms with van der Waals surface area (Å²) < 4.78 is 0. The van der Waals surface area contributed by atoms with Crippen LogP contribution in [0.5, 0.6) is 0 Å². The molecule has 1 aliphatic rings. The van der Waals surface area contributed by atoms with E-state index in [-0.39, 0.29) is 0 Å². The van der Waals surface area contributed by atoms with Gasteiger partial charge in [-0.1, -0.05) is 6.92 Å². The van der Waals surface area contributed by atoms with Crippen LogP contribution in [0.3, 0.4) is 0 Å². The number of hydrogen-bond acceptors (Lipinski definition) is 2. The third kappa shape index (κ3) is 1.44. The first-order valence-corrected chi connectivity index (χ1v) is 3.59. The lowest BCUT2D eigenvalue weighted by Crippen LogP contribution is -2.31. The van der Waals surface area contributed by atoms with Gasteiger partial charge >= 0.3 is 0 Å². The van der Waals surface area contributed by atoms with Crippen LogP contribution >= 0.6 is 0 Å². The van der Waals surface area contributed by atoms with E-state index in [0.717, 1.165) is 13.0 Å². The number of hydrogen-bond donors (Lipinski definition) is 0. The summed E-state index contributed by atoms with van der Waals surface area (Å²) in [7, 11) is 2.11. The van der Waals surface area contributed by atoms with E-state index in [0.29, 0.717) is 0 Å². The van der Waals surface area contributed by atoms with Gasteiger partial charge in [-0.25, -0.2) is 0 Å². The summed E-state index contributed by atoms with van der Waals surface area (Å²) in [4.78, 5) is 6.61. The molecule has 0 saturated carbocycles. The molecular formula is C7H14N2. The van der Waals surface area contributed by atoms with Crippen molar-refractivity contribution in [2.75, 3.05) is 20.1 Å². The molecule has 0 fully saturated rings. The van der Waals surface area contributed by atoms with Crippen molar-refractivity contribution in [2.24, 2.45) is 4.99 Å². The van der Waals surface area contributed by atoms with Gasteiger partial charge in [-0.2, -0.15) is 0 Å². The molecule has 0 atom stereocenters. The summed E-state index contributed by atoms with van der Waals surface area (Å²) in [5.41, 5.74) is 0. The van der Waals surface area contributed by atoms with Crippen molar-refractivity contribution in [3.05, 3.63) is 0 Å². The zero-order valence-corrected chi connectivity index (χ0v) is 6.22. The van der Waals surface area contributed by atoms with Gasteiger partial charge in [0.2, 0.25) is 0 Å². The van der Waals surface area contributed by atoms with E-state index >= 15 is 0 Å². The van der Waals surface area contributed by atoms with Gasteiger partial charge in [0.25, 0.3) is 0 Å². The maximum atomic E-state index is 4.37. The fourth-order valence-corrected chi connectivity index (χ4v) is 1.15. The van der Waals surface area contributed by atoms with Gasteiger partial charge in [-0.3, -0.25) is 4.99 Å². The highest BCUT2D eigenvalue weighted by Crippen LogP contribution is 2.01. The molecule has 1 aliphatic heterocycles. The van der Waals surface area contributed by atoms with E-state index < -0.39 is 0 Å². The Bertz CT molecular complexity index is 118. The molecule has 0 radical (unpaired) electrons. The van der Waals surface area contributed by atoms with Crippen LogP contribution < -0.4 is 0 Å². The quantitative estimate of drug-likeness (QED) is 0.514. The van der Waals surface area contributed by atoms with Crippen molar-refractivity contribution in [1.82, 2.24) is 4.90 Å². The first kappa shape index (κ1) is 6.59. The molecule has 0 saturated heterocycles. The largest absolute Gasteiger partial charge is 0.363 e. The lowest BCUT2D eigenvalue weighted by Gasteiger charge is -2.23. The molecule has 0 aromatic rings. The van der Waals surface area contributed by atoms with Crippen molar-refractivity contribution < 1.29 is 0 Å². The molecule has 52 valence electrons. The minimum Gasteiger partial charge on any atom is -0.363 e. The van der Waals surface area contributed by atoms with Crippen LogP contribution in [-0.2, 0) is 0 Å². The van der Waals surface area contributed by atoms with Crippen LogP contribution in [-0.4, -0.2) is 30.9 Å². The molecule has 1 heterocycles. The molecule has 0 aromatic carbocycles. The van der Waals surface area contributed by atoms with Gasteiger partial charge in [0.15, 0.2) is 0 Å². The molecule has 9 heavy (non-hydrogen) atoms. The minimum atomic E-state index is 1.04. The van der Waals surface area contributed by atoms with Crippen LogP contribution in [0.15, 0.2) is 4.99 Å². The summed E-state index contributed by atoms with van der Waals surface area (Å²) >= 11 is 0. The Morgan fingerprint density at radius 2 is 2.44 bits per heavy atom. The zero-order chi connectivity index (χ0) is 6.69. The Balaban J connectivity index is 2.53. The van der Waals surface area contributed by atoms with E-state index in [2.05, 4.69) is 23.9 Å². The first-order valence-electron chi connectivity index (χ1n) is 3.59. The van der Waals surface area contributed by atoms with E-state index in [9.17, 15) is 0 Å². The minimum absolute atomic E-state index is 1.04. The lowest BCUT2D eigenvalue weighted by molar-refractivity contribution is 0.458. The van der Waals surface area contributed by atoms with Crippen LogP contribution in [0.1, 0.15) is 19.8 Å². The fraction of sp³-hybridized carbons (Fsp3) is 0.857. The molecule has 0 spiro atoms. The molecule has 2 heteroatoms. The molecule has 1 rings (SSSR count). The second kappa shape index (κ2) is 2.85. The van der Waals surface area contributed by atoms with E-state index in [1.54, 1.807) is 0 Å². The highest BCUT2D eigenvalue weighted by atomic mass is 15.2. The summed E-state index contributed by atoms with van der Waals surface area (Å²) in [6.45, 7) is 4.38. The van der Waals surface area contributed by atoms with Crippen molar-refractivity contribution in [2.45, 2.75) is 19.8 Å². The summed E-state index contributed by atoms with van der Waals surface area (Å²) in [6.07, 6.45) is 2.30. The smallest absolute Gasteiger partial charge is 0.0983 e. The average molecular weight is 126 g/mol. The molecule has 2 nitrogen and oxygen atoms in total. The predicted octanol–water partition coefficient (Wildman–Crippen LogP) is 1.13. The van der Waals surface area contributed by atoms with Gasteiger partial charge in [0, 0.05) is 26.6 Å². The number of aliphatic imine (C=N–C) groups is 1. The Morgan fingerprint density at radius 3 is 2.89 bits per heavy atom. The highest BCUT2D eigenvalue weighted by Gasteiger charge is 2.06. The number of amidine groups is 1. The van der Waals surface area contributed by atoms with E-state index in [1.807, 2.05) is 0 Å². The third-order valence-electron chi connectivity index (χ3n) is 1.70. The van der Waals surface area contributed by atoms with Crippen LogP contribution in [0.25, 0.3) is 0 Å². The summed E-state index contributed by atoms with van der Waals surface area (Å²) in [5, 5.41) is 0. The van der Waals surface area contributed by atoms with E-state index in [1.165, 1.54) is 18.8 Å². The van der Waals surface area contributed by atoms with Crippen molar-refractivity contribution in [3.63, 3.8) is 0 Å². The maximum absolute atomic E-state index is 4.37. The van der Waals surface area contributed by atoms with Crippen LogP contribution in [0.2, 0.25) is 0 Å². The Kier molecular flexibility index (Phi) is 2.09. The monoisotopic (exact) mass is 126 g/mol. The predicted molar refractivity (Wildman–Crippen MR) is 39.8 cm³/mol. The van der Waals surface area contributed by atoms with Gasteiger partial charge in [0.05, 0.1) is 5.84 Å². The molecule has 0 N–H and O–H groups in total. The third-order valence-corrected chi connectivity index (χ3v) is 1.70. The standard InChI is InChI=1S/C7H14N2/c1-3-7-8-5-4-6-9(7)2/h3-6H2,1-2H3. The Labute approximate surface area is 56.6 Å². The van der Waals surface area contributed by atoms with Gasteiger partial charge in [-0.15, -0.1) is 0 Å². The molecule has 0 aliphatic carbocycles. The SMILES string of the molecule is CCC1=NCCCN1C. The Hall–Kier alpha value is -0.530. The second-order valence-corrected chi connectivity index (χ2v) is 2.43. The zero-order valence-electron chi connectivity index (χ0n) is 6.22. The molecular weight excluding hydrogens is 112 g/mol. The average Bonchev–Trinajstić information content (AvgIpc) is 1.89. The van der Waals surface area contributed by atoms with Crippen molar-refractivity contribution >= 4 is 5.84 Å². The lowest BCUT2D eigenvalue weighted by atomic mass is 10.3. The molecule has 0 amide bonds. The topological polar surface area (TPSA) is 15.6 Å². The normalized spacial score (nSPS) is 19.8. The Morgan fingerprint density at radius 1 is 1.67 bits per heavy atom. The van der Waals surface area contributed by atoms with E-state index in [4.69, 9.17) is 0 Å². The fourth-order valence-electron chi connectivity index (χ4n) is 1.15. The number of nitrogens with zero attached hydrogens (tertiary/aromatic N) is 2. The molecule has 0 unspecified atom stereocenters. The molecule has 0 aromatic heterocycles. The van der Waals surface area contributed by atoms with Gasteiger partial charge < -0.3 is 4.90 Å². The first-order chi connectivity index (χ1) is 4.34. The van der Waals surface area contributed by atoms with Crippen LogP contribution in [0.4, 0.5) is 0 Å². The second-order valence-electron chi connectivity index (χ2n) is 2.43. The van der Waals surface area contributed by atoms with Gasteiger partial charge in [0.1, 0.15) is 0 Å². The van der Waals surface area contributed by atoms with Gasteiger partial charge in [-0.05, 0) is 6.42 Å². The van der Waals surface area contributed by atoms with Crippen LogP contribution in [0, 0.1) is 0 Å². The highest BCUT2D eigenvalue weighted by molar-refractivity contribution is 5.82. The van der Waals surface area contributed by atoms with Crippen molar-refractivity contribution in [1.29, 1.82) is 0 Å². The van der Waals surface area contributed by atoms with Crippen molar-refractivity contribution in [3.8, 4) is 0 Å². The maximum Gasteiger partial charge on any atom is 0.0983 e. The number of rotatable bonds is 1. The molecule has 0 bridgehead atoms. The summed E-state index contributed by atoms with van der Waals surface area (Å²) in [5.74, 6) is 1.27.